The van der Waals surface area contributed by atoms with Crippen molar-refractivity contribution in [3.8, 4) is 11.1 Å². The highest BCUT2D eigenvalue weighted by Gasteiger charge is 2.34. The Hall–Kier alpha value is -5.28. The number of carbonyl (C=O) groups is 4. The molecule has 0 heterocycles. The summed E-state index contributed by atoms with van der Waals surface area (Å²) < 4.78 is 0. The first-order valence-electron chi connectivity index (χ1n) is 13.8. The van der Waals surface area contributed by atoms with Crippen LogP contribution in [0.1, 0.15) is 94.2 Å². The van der Waals surface area contributed by atoms with Gasteiger partial charge in [0.25, 0.3) is 5.91 Å². The summed E-state index contributed by atoms with van der Waals surface area (Å²) in [6, 6.07) is 22.0. The highest BCUT2D eigenvalue weighted by molar-refractivity contribution is 6.10. The third-order valence-corrected chi connectivity index (χ3v) is 8.36. The van der Waals surface area contributed by atoms with Crippen LogP contribution in [0.2, 0.25) is 0 Å². The number of aromatic carboxylic acids is 3. The van der Waals surface area contributed by atoms with Gasteiger partial charge in [-0.25, -0.2) is 14.4 Å². The maximum Gasteiger partial charge on any atom is 0.336 e. The number of rotatable bonds is 7. The molecule has 0 radical (unpaired) electrons. The molecule has 9 nitrogen and oxygen atoms in total. The van der Waals surface area contributed by atoms with E-state index in [2.05, 4.69) is 0 Å². The molecule has 0 saturated heterocycles. The molecular formula is C34H27NO8. The second kappa shape index (κ2) is 10.8. The number of hydrogen-bond donors (Lipinski definition) is 4. The number of nitrogens with zero attached hydrogens (tertiary/aromatic N) is 1. The van der Waals surface area contributed by atoms with E-state index < -0.39 is 58.2 Å². The monoisotopic (exact) mass is 577 g/mol. The quantitative estimate of drug-likeness (QED) is 0.223. The normalized spacial score (nSPS) is 16.5. The fourth-order valence-corrected chi connectivity index (χ4v) is 6.36. The van der Waals surface area contributed by atoms with Gasteiger partial charge in [0.15, 0.2) is 0 Å². The minimum absolute atomic E-state index is 0.0380. The molecule has 1 amide bonds. The maximum atomic E-state index is 14.4. The Balaban J connectivity index is 1.48. The van der Waals surface area contributed by atoms with Crippen molar-refractivity contribution in [2.75, 3.05) is 0 Å². The van der Waals surface area contributed by atoms with Crippen molar-refractivity contribution in [3.63, 3.8) is 0 Å². The van der Waals surface area contributed by atoms with Gasteiger partial charge in [0.05, 0.1) is 28.3 Å². The summed E-state index contributed by atoms with van der Waals surface area (Å²) in [6.07, 6.45) is 1.33. The molecule has 4 aromatic carbocycles. The lowest BCUT2D eigenvalue weighted by atomic mass is 9.86. The van der Waals surface area contributed by atoms with Gasteiger partial charge >= 0.3 is 17.9 Å². The Morgan fingerprint density at radius 2 is 1.26 bits per heavy atom. The molecule has 9 heteroatoms. The molecule has 0 bridgehead atoms. The molecule has 2 atom stereocenters. The summed E-state index contributed by atoms with van der Waals surface area (Å²) in [5.74, 6) is -5.49. The number of amides is 1. The first-order valence-corrected chi connectivity index (χ1v) is 13.8. The van der Waals surface area contributed by atoms with Crippen LogP contribution < -0.4 is 0 Å². The molecule has 2 aliphatic carbocycles. The van der Waals surface area contributed by atoms with E-state index >= 15 is 0 Å². The number of carbonyl (C=O) groups excluding carboxylic acids is 1. The zero-order valence-corrected chi connectivity index (χ0v) is 22.9. The molecule has 0 spiro atoms. The van der Waals surface area contributed by atoms with E-state index in [1.807, 2.05) is 66.7 Å². The van der Waals surface area contributed by atoms with Crippen LogP contribution >= 0.6 is 0 Å². The van der Waals surface area contributed by atoms with Crippen molar-refractivity contribution in [1.29, 1.82) is 0 Å². The smallest absolute Gasteiger partial charge is 0.336 e. The van der Waals surface area contributed by atoms with Gasteiger partial charge in [-0.15, -0.1) is 0 Å². The molecule has 0 aromatic heterocycles. The molecule has 4 aromatic rings. The molecule has 4 N–H and O–H groups in total. The van der Waals surface area contributed by atoms with Gasteiger partial charge in [0.1, 0.15) is 6.10 Å². The largest absolute Gasteiger partial charge is 0.478 e. The van der Waals surface area contributed by atoms with E-state index in [1.165, 1.54) is 4.90 Å². The Labute approximate surface area is 246 Å². The van der Waals surface area contributed by atoms with Crippen molar-refractivity contribution >= 4 is 23.8 Å². The summed E-state index contributed by atoms with van der Waals surface area (Å²) in [4.78, 5) is 51.9. The van der Waals surface area contributed by atoms with Crippen LogP contribution in [0.4, 0.5) is 0 Å². The highest BCUT2D eigenvalue weighted by Crippen LogP contribution is 2.44. The Kier molecular flexibility index (Phi) is 7.03. The molecular weight excluding hydrogens is 550 g/mol. The zero-order chi connectivity index (χ0) is 30.4. The third-order valence-electron chi connectivity index (χ3n) is 8.36. The minimum Gasteiger partial charge on any atom is -0.478 e. The lowest BCUT2D eigenvalue weighted by Crippen LogP contribution is -2.37. The van der Waals surface area contributed by atoms with E-state index in [1.54, 1.807) is 0 Å². The maximum absolute atomic E-state index is 14.4. The Morgan fingerprint density at radius 1 is 0.674 bits per heavy atom. The number of aliphatic hydroxyl groups excluding tert-OH is 1. The number of hydrogen-bond acceptors (Lipinski definition) is 5. The van der Waals surface area contributed by atoms with Crippen LogP contribution in [0, 0.1) is 0 Å². The predicted octanol–water partition coefficient (Wildman–Crippen LogP) is 5.56. The van der Waals surface area contributed by atoms with Crippen LogP contribution in [0.3, 0.4) is 0 Å². The average molecular weight is 578 g/mol. The first kappa shape index (κ1) is 27.9. The lowest BCUT2D eigenvalue weighted by molar-refractivity contribution is 0.0611. The first-order chi connectivity index (χ1) is 20.7. The minimum atomic E-state index is -1.62. The van der Waals surface area contributed by atoms with Crippen LogP contribution in [-0.4, -0.2) is 49.1 Å². The molecule has 1 unspecified atom stereocenters. The number of aryl methyl sites for hydroxylation is 1. The summed E-state index contributed by atoms with van der Waals surface area (Å²) in [5.41, 5.74) is 3.55. The van der Waals surface area contributed by atoms with Gasteiger partial charge in [-0.2, -0.15) is 0 Å². The van der Waals surface area contributed by atoms with Crippen molar-refractivity contribution in [1.82, 2.24) is 4.90 Å². The number of carboxylic acid groups (broad SMARTS) is 3. The van der Waals surface area contributed by atoms with E-state index in [-0.39, 0.29) is 6.54 Å². The van der Waals surface area contributed by atoms with Crippen molar-refractivity contribution in [3.05, 3.63) is 129 Å². The van der Waals surface area contributed by atoms with E-state index in [4.69, 9.17) is 0 Å². The molecule has 0 saturated carbocycles. The SMILES string of the molecule is O=C(O)c1cc(C(=O)O)c(C(=O)N(Cc2ccc3c(c2)C(O)c2ccccc2-3)[C@H]2CCCc3ccccc32)cc1C(=O)O. The third kappa shape index (κ3) is 4.83. The molecule has 2 aliphatic rings. The van der Waals surface area contributed by atoms with E-state index in [0.29, 0.717) is 17.5 Å². The molecule has 216 valence electrons. The highest BCUT2D eigenvalue weighted by atomic mass is 16.4. The molecule has 6 rings (SSSR count). The average Bonchev–Trinajstić information content (AvgIpc) is 3.29. The van der Waals surface area contributed by atoms with Gasteiger partial charge < -0.3 is 25.3 Å². The Bertz CT molecular complexity index is 1830. The molecule has 0 aliphatic heterocycles. The number of aliphatic hydroxyl groups is 1. The van der Waals surface area contributed by atoms with Crippen LogP contribution in [0.15, 0.2) is 78.9 Å². The van der Waals surface area contributed by atoms with E-state index in [0.717, 1.165) is 52.8 Å². The summed E-state index contributed by atoms with van der Waals surface area (Å²) in [5, 5.41) is 40.3. The van der Waals surface area contributed by atoms with Crippen LogP contribution in [0.25, 0.3) is 11.1 Å². The van der Waals surface area contributed by atoms with E-state index in [9.17, 15) is 39.6 Å². The molecule has 43 heavy (non-hydrogen) atoms. The Morgan fingerprint density at radius 3 is 1.95 bits per heavy atom. The van der Waals surface area contributed by atoms with Crippen LogP contribution in [0.5, 0.6) is 0 Å². The second-order valence-electron chi connectivity index (χ2n) is 10.8. The number of carboxylic acids is 3. The number of fused-ring (bicyclic) bond motifs is 4. The lowest BCUT2D eigenvalue weighted by Gasteiger charge is -2.36. The topological polar surface area (TPSA) is 152 Å². The predicted molar refractivity (Wildman–Crippen MR) is 155 cm³/mol. The van der Waals surface area contributed by atoms with Gasteiger partial charge in [0, 0.05) is 6.54 Å². The molecule has 0 fully saturated rings. The number of benzene rings is 4. The van der Waals surface area contributed by atoms with Crippen LogP contribution in [-0.2, 0) is 13.0 Å². The van der Waals surface area contributed by atoms with Gasteiger partial charge in [-0.05, 0) is 70.3 Å². The fourth-order valence-electron chi connectivity index (χ4n) is 6.36. The summed E-state index contributed by atoms with van der Waals surface area (Å²) in [7, 11) is 0. The zero-order valence-electron chi connectivity index (χ0n) is 22.9. The summed E-state index contributed by atoms with van der Waals surface area (Å²) in [6.45, 7) is 0.0380. The summed E-state index contributed by atoms with van der Waals surface area (Å²) >= 11 is 0. The second-order valence-corrected chi connectivity index (χ2v) is 10.8. The van der Waals surface area contributed by atoms with Crippen molar-refractivity contribution in [2.45, 2.75) is 38.0 Å². The van der Waals surface area contributed by atoms with Gasteiger partial charge in [-0.3, -0.25) is 4.79 Å². The standard InChI is InChI=1S/C34H27NO8/c36-30-23-10-4-3-9-21(23)22-13-12-18(14-24(22)30)17-35(29-11-5-7-19-6-1-2-8-20(19)29)31(37)25-15-27(33(40)41)28(34(42)43)16-26(25)32(38)39/h1-4,6,8-10,12-16,29-30,36H,5,7,11,17H2,(H,38,39)(H,40,41)(H,42,43)/t29-,30?/m0/s1. The van der Waals surface area contributed by atoms with Gasteiger partial charge in [-0.1, -0.05) is 66.7 Å². The fraction of sp³-hybridized carbons (Fsp3) is 0.176. The van der Waals surface area contributed by atoms with Crippen molar-refractivity contribution < 1.29 is 39.6 Å². The van der Waals surface area contributed by atoms with Crippen molar-refractivity contribution in [2.24, 2.45) is 0 Å². The van der Waals surface area contributed by atoms with Gasteiger partial charge in [0.2, 0.25) is 0 Å².